The molecule has 1 aliphatic rings. The van der Waals surface area contributed by atoms with Gasteiger partial charge in [0.05, 0.1) is 0 Å². The Morgan fingerprint density at radius 1 is 1.38 bits per heavy atom. The summed E-state index contributed by atoms with van der Waals surface area (Å²) in [6.45, 7) is 2.66. The topological polar surface area (TPSA) is 38.3 Å². The maximum Gasteiger partial charge on any atom is 0.220 e. The van der Waals surface area contributed by atoms with Crippen LogP contribution in [0.15, 0.2) is 12.1 Å². The first-order valence-corrected chi connectivity index (χ1v) is 8.86. The molecule has 1 N–H and O–H groups in total. The van der Waals surface area contributed by atoms with E-state index in [1.165, 1.54) is 41.9 Å². The molecule has 1 aromatic heterocycles. The lowest BCUT2D eigenvalue weighted by atomic mass is 9.86. The van der Waals surface area contributed by atoms with Crippen molar-refractivity contribution in [2.24, 2.45) is 5.92 Å². The number of carbonyl (C=O) groups excluding carboxylic acids is 1. The Morgan fingerprint density at radius 2 is 2.14 bits per heavy atom. The monoisotopic (exact) mass is 309 g/mol. The number of hydrogen-bond donors (Lipinski definition) is 1. The smallest absolute Gasteiger partial charge is 0.220 e. The standard InChI is InChI=1S/C17H27NO2S/c1-13-8-10-16(21-13)15(20-2)12-18-17(19)11-9-14-6-4-3-5-7-14/h8,10,14-15H,3-7,9,11-12H2,1-2H3,(H,18,19). The van der Waals surface area contributed by atoms with Crippen molar-refractivity contribution < 1.29 is 9.53 Å². The molecular formula is C17H27NO2S. The summed E-state index contributed by atoms with van der Waals surface area (Å²) < 4.78 is 5.49. The molecule has 1 amide bonds. The lowest BCUT2D eigenvalue weighted by Gasteiger charge is -2.21. The molecular weight excluding hydrogens is 282 g/mol. The maximum atomic E-state index is 12.0. The van der Waals surface area contributed by atoms with Crippen LogP contribution >= 0.6 is 11.3 Å². The highest BCUT2D eigenvalue weighted by Gasteiger charge is 2.16. The summed E-state index contributed by atoms with van der Waals surface area (Å²) in [7, 11) is 1.70. The van der Waals surface area contributed by atoms with Gasteiger partial charge in [0.25, 0.3) is 0 Å². The van der Waals surface area contributed by atoms with E-state index in [2.05, 4.69) is 24.4 Å². The number of nitrogens with one attached hydrogen (secondary N) is 1. The summed E-state index contributed by atoms with van der Waals surface area (Å²) in [6.07, 6.45) is 8.35. The number of ether oxygens (including phenoxy) is 1. The molecule has 3 nitrogen and oxygen atoms in total. The van der Waals surface area contributed by atoms with E-state index in [0.29, 0.717) is 13.0 Å². The van der Waals surface area contributed by atoms with Crippen LogP contribution in [-0.2, 0) is 9.53 Å². The highest BCUT2D eigenvalue weighted by atomic mass is 32.1. The molecule has 0 radical (unpaired) electrons. The third-order valence-electron chi connectivity index (χ3n) is 4.35. The highest BCUT2D eigenvalue weighted by Crippen LogP contribution is 2.27. The van der Waals surface area contributed by atoms with Crippen LogP contribution in [0.2, 0.25) is 0 Å². The molecule has 0 bridgehead atoms. The molecule has 1 aliphatic carbocycles. The van der Waals surface area contributed by atoms with Crippen molar-refractivity contribution in [3.05, 3.63) is 21.9 Å². The van der Waals surface area contributed by atoms with Crippen molar-refractivity contribution in [3.8, 4) is 0 Å². The Bertz CT molecular complexity index is 438. The van der Waals surface area contributed by atoms with Gasteiger partial charge in [-0.1, -0.05) is 32.1 Å². The molecule has 4 heteroatoms. The highest BCUT2D eigenvalue weighted by molar-refractivity contribution is 7.12. The second-order valence-electron chi connectivity index (χ2n) is 6.02. The Morgan fingerprint density at radius 3 is 2.76 bits per heavy atom. The van der Waals surface area contributed by atoms with E-state index in [9.17, 15) is 4.79 Å². The van der Waals surface area contributed by atoms with Gasteiger partial charge in [-0.15, -0.1) is 11.3 Å². The number of carbonyl (C=O) groups is 1. The number of thiophene rings is 1. The third kappa shape index (κ3) is 5.44. The molecule has 118 valence electrons. The Balaban J connectivity index is 1.69. The number of hydrogen-bond acceptors (Lipinski definition) is 3. The largest absolute Gasteiger partial charge is 0.374 e. The quantitative estimate of drug-likeness (QED) is 0.819. The van der Waals surface area contributed by atoms with Crippen LogP contribution in [-0.4, -0.2) is 19.6 Å². The van der Waals surface area contributed by atoms with Crippen molar-refractivity contribution in [1.29, 1.82) is 0 Å². The number of rotatable bonds is 7. The van der Waals surface area contributed by atoms with Crippen LogP contribution in [0, 0.1) is 12.8 Å². The van der Waals surface area contributed by atoms with Crippen LogP contribution in [0.3, 0.4) is 0 Å². The first kappa shape index (κ1) is 16.5. The van der Waals surface area contributed by atoms with Gasteiger partial charge in [-0.3, -0.25) is 4.79 Å². The normalized spacial score (nSPS) is 17.6. The first-order valence-electron chi connectivity index (χ1n) is 8.05. The predicted octanol–water partition coefficient (Wildman–Crippen LogP) is 4.22. The average molecular weight is 309 g/mol. The first-order chi connectivity index (χ1) is 10.2. The van der Waals surface area contributed by atoms with Gasteiger partial charge in [-0.2, -0.15) is 0 Å². The lowest BCUT2D eigenvalue weighted by molar-refractivity contribution is -0.122. The number of methoxy groups -OCH3 is 1. The van der Waals surface area contributed by atoms with Crippen LogP contribution < -0.4 is 5.32 Å². The molecule has 1 fully saturated rings. The van der Waals surface area contributed by atoms with Gasteiger partial charge in [0.2, 0.25) is 5.91 Å². The number of amides is 1. The molecule has 0 spiro atoms. The fourth-order valence-electron chi connectivity index (χ4n) is 3.03. The zero-order valence-corrected chi connectivity index (χ0v) is 14.0. The van der Waals surface area contributed by atoms with E-state index in [-0.39, 0.29) is 12.0 Å². The zero-order chi connectivity index (χ0) is 15.1. The molecule has 0 aromatic carbocycles. The minimum atomic E-state index is -0.0256. The Hall–Kier alpha value is -0.870. The number of aryl methyl sites for hydroxylation is 1. The lowest BCUT2D eigenvalue weighted by Crippen LogP contribution is -2.29. The van der Waals surface area contributed by atoms with Crippen LogP contribution in [0.25, 0.3) is 0 Å². The van der Waals surface area contributed by atoms with E-state index >= 15 is 0 Å². The molecule has 0 saturated heterocycles. The van der Waals surface area contributed by atoms with Crippen molar-refractivity contribution in [3.63, 3.8) is 0 Å². The van der Waals surface area contributed by atoms with Crippen LogP contribution in [0.5, 0.6) is 0 Å². The van der Waals surface area contributed by atoms with E-state index in [1.54, 1.807) is 18.4 Å². The van der Waals surface area contributed by atoms with Crippen molar-refractivity contribution in [2.75, 3.05) is 13.7 Å². The van der Waals surface area contributed by atoms with Crippen molar-refractivity contribution in [1.82, 2.24) is 5.32 Å². The summed E-state index contributed by atoms with van der Waals surface area (Å²) in [5.74, 6) is 0.929. The van der Waals surface area contributed by atoms with Gasteiger partial charge in [0.1, 0.15) is 6.10 Å². The summed E-state index contributed by atoms with van der Waals surface area (Å²) in [5.41, 5.74) is 0. The molecule has 21 heavy (non-hydrogen) atoms. The minimum absolute atomic E-state index is 0.0256. The SMILES string of the molecule is COC(CNC(=O)CCC1CCCCC1)c1ccc(C)s1. The molecule has 1 aromatic rings. The van der Waals surface area contributed by atoms with Crippen molar-refractivity contribution in [2.45, 2.75) is 58.0 Å². The van der Waals surface area contributed by atoms with E-state index in [4.69, 9.17) is 4.74 Å². The molecule has 1 atom stereocenters. The van der Waals surface area contributed by atoms with E-state index < -0.39 is 0 Å². The van der Waals surface area contributed by atoms with Crippen molar-refractivity contribution >= 4 is 17.2 Å². The molecule has 1 saturated carbocycles. The fraction of sp³-hybridized carbons (Fsp3) is 0.706. The van der Waals surface area contributed by atoms with Crippen LogP contribution in [0.1, 0.15) is 60.8 Å². The molecule has 2 rings (SSSR count). The van der Waals surface area contributed by atoms with E-state index in [1.807, 2.05) is 0 Å². The fourth-order valence-corrected chi connectivity index (χ4v) is 3.99. The van der Waals surface area contributed by atoms with Crippen LogP contribution in [0.4, 0.5) is 0 Å². The second-order valence-corrected chi connectivity index (χ2v) is 7.34. The van der Waals surface area contributed by atoms with Gasteiger partial charge in [0, 0.05) is 29.8 Å². The molecule has 0 aliphatic heterocycles. The zero-order valence-electron chi connectivity index (χ0n) is 13.2. The van der Waals surface area contributed by atoms with E-state index in [0.717, 1.165) is 12.3 Å². The second kappa shape index (κ2) is 8.54. The van der Waals surface area contributed by atoms with Gasteiger partial charge in [0.15, 0.2) is 0 Å². The van der Waals surface area contributed by atoms with Gasteiger partial charge in [-0.25, -0.2) is 0 Å². The summed E-state index contributed by atoms with van der Waals surface area (Å²) in [4.78, 5) is 14.4. The summed E-state index contributed by atoms with van der Waals surface area (Å²) in [6, 6.07) is 4.18. The van der Waals surface area contributed by atoms with Gasteiger partial charge in [-0.05, 0) is 31.4 Å². The Labute approximate surface area is 132 Å². The van der Waals surface area contributed by atoms with Gasteiger partial charge < -0.3 is 10.1 Å². The summed E-state index contributed by atoms with van der Waals surface area (Å²) in [5, 5.41) is 3.02. The summed E-state index contributed by atoms with van der Waals surface area (Å²) >= 11 is 1.73. The average Bonchev–Trinajstić information content (AvgIpc) is 2.93. The third-order valence-corrected chi connectivity index (χ3v) is 5.44. The Kier molecular flexibility index (Phi) is 6.71. The molecule has 1 heterocycles. The predicted molar refractivity (Wildman–Crippen MR) is 87.6 cm³/mol. The van der Waals surface area contributed by atoms with Gasteiger partial charge >= 0.3 is 0 Å². The minimum Gasteiger partial charge on any atom is -0.374 e. The molecule has 1 unspecified atom stereocenters. The maximum absolute atomic E-state index is 12.0.